The monoisotopic (exact) mass is 413 g/mol. The van der Waals surface area contributed by atoms with Gasteiger partial charge in [-0.15, -0.1) is 0 Å². The Bertz CT molecular complexity index is 1060. The number of nitrogens with one attached hydrogen (secondary N) is 2. The van der Waals surface area contributed by atoms with E-state index >= 15 is 0 Å². The molecular weight excluding hydrogens is 394 g/mol. The third-order valence-corrected chi connectivity index (χ3v) is 6.13. The smallest absolute Gasteiger partial charge is 0.270 e. The molecule has 0 aliphatic carbocycles. The van der Waals surface area contributed by atoms with Crippen LogP contribution in [0.15, 0.2) is 33.5 Å². The molecule has 0 bridgehead atoms. The molecule has 1 unspecified atom stereocenters. The molecule has 0 saturated carbocycles. The van der Waals surface area contributed by atoms with Crippen LogP contribution in [0.3, 0.4) is 0 Å². The zero-order chi connectivity index (χ0) is 17.8. The highest BCUT2D eigenvalue weighted by Crippen LogP contribution is 2.38. The van der Waals surface area contributed by atoms with Crippen LogP contribution >= 0.6 is 15.9 Å². The van der Waals surface area contributed by atoms with Gasteiger partial charge < -0.3 is 15.2 Å². The Morgan fingerprint density at radius 3 is 2.81 bits per heavy atom. The molecule has 3 aromatic rings. The summed E-state index contributed by atoms with van der Waals surface area (Å²) in [6.45, 7) is 5.60. The Morgan fingerprint density at radius 2 is 2.00 bits per heavy atom. The van der Waals surface area contributed by atoms with Gasteiger partial charge in [-0.05, 0) is 40.9 Å². The van der Waals surface area contributed by atoms with Gasteiger partial charge >= 0.3 is 0 Å². The lowest BCUT2D eigenvalue weighted by molar-refractivity contribution is 0.508. The molecule has 7 heteroatoms. The predicted octanol–water partition coefficient (Wildman–Crippen LogP) is 2.68. The Labute approximate surface area is 159 Å². The molecule has 1 aromatic carbocycles. The highest BCUT2D eigenvalue weighted by molar-refractivity contribution is 9.10. The molecule has 2 aliphatic rings. The summed E-state index contributed by atoms with van der Waals surface area (Å²) in [6, 6.07) is 8.38. The van der Waals surface area contributed by atoms with Crippen LogP contribution in [0.5, 0.6) is 0 Å². The van der Waals surface area contributed by atoms with Crippen molar-refractivity contribution in [2.75, 3.05) is 31.1 Å². The maximum atomic E-state index is 13.1. The predicted molar refractivity (Wildman–Crippen MR) is 107 cm³/mol. The van der Waals surface area contributed by atoms with E-state index in [2.05, 4.69) is 56.3 Å². The van der Waals surface area contributed by atoms with Gasteiger partial charge in [0.1, 0.15) is 4.47 Å². The second-order valence-corrected chi connectivity index (χ2v) is 7.86. The van der Waals surface area contributed by atoms with E-state index in [0.29, 0.717) is 4.47 Å². The number of aromatic nitrogens is 3. The lowest BCUT2D eigenvalue weighted by Gasteiger charge is -2.31. The average molecular weight is 414 g/mol. The van der Waals surface area contributed by atoms with Crippen LogP contribution in [0, 0.1) is 0 Å². The van der Waals surface area contributed by atoms with Gasteiger partial charge in [-0.3, -0.25) is 9.36 Å². The molecule has 1 fully saturated rings. The van der Waals surface area contributed by atoms with Gasteiger partial charge in [-0.2, -0.15) is 0 Å². The van der Waals surface area contributed by atoms with Gasteiger partial charge in [0.15, 0.2) is 11.6 Å². The fourth-order valence-electron chi connectivity index (χ4n) is 4.16. The molecule has 26 heavy (non-hydrogen) atoms. The summed E-state index contributed by atoms with van der Waals surface area (Å²) in [5.41, 5.74) is 3.33. The molecule has 134 valence electrons. The van der Waals surface area contributed by atoms with Crippen LogP contribution in [-0.4, -0.2) is 40.7 Å². The maximum absolute atomic E-state index is 13.1. The summed E-state index contributed by atoms with van der Waals surface area (Å²) >= 11 is 3.53. The molecule has 0 spiro atoms. The Morgan fingerprint density at radius 1 is 1.23 bits per heavy atom. The summed E-state index contributed by atoms with van der Waals surface area (Å²) in [5, 5.41) is 4.57. The van der Waals surface area contributed by atoms with Crippen LogP contribution in [0.25, 0.3) is 22.4 Å². The van der Waals surface area contributed by atoms with E-state index in [1.54, 1.807) is 0 Å². The first-order chi connectivity index (χ1) is 12.6. The number of hydrogen-bond donors (Lipinski definition) is 2. The van der Waals surface area contributed by atoms with Crippen molar-refractivity contribution in [1.82, 2.24) is 19.9 Å². The topological polar surface area (TPSA) is 66.0 Å². The SMILES string of the molecule is CC1Cc2c([nH]c3ccccc23)-c2nc(N3CCNCC3)c(Br)c(=O)n21. The number of hydrogen-bond acceptors (Lipinski definition) is 4. The number of nitrogens with zero attached hydrogens (tertiary/aromatic N) is 3. The molecule has 6 nitrogen and oxygen atoms in total. The molecule has 0 radical (unpaired) electrons. The Hall–Kier alpha value is -2.12. The van der Waals surface area contributed by atoms with Crippen molar-refractivity contribution in [3.8, 4) is 11.5 Å². The lowest BCUT2D eigenvalue weighted by atomic mass is 9.99. The summed E-state index contributed by atoms with van der Waals surface area (Å²) in [6.07, 6.45) is 0.827. The van der Waals surface area contributed by atoms with E-state index in [9.17, 15) is 4.79 Å². The minimum absolute atomic E-state index is 0.000314. The minimum Gasteiger partial charge on any atom is -0.353 e. The van der Waals surface area contributed by atoms with Gasteiger partial charge in [0.25, 0.3) is 5.56 Å². The van der Waals surface area contributed by atoms with Gasteiger partial charge in [0, 0.05) is 43.1 Å². The average Bonchev–Trinajstić information content (AvgIpc) is 3.03. The van der Waals surface area contributed by atoms with Crippen molar-refractivity contribution < 1.29 is 0 Å². The first kappa shape index (κ1) is 16.1. The highest BCUT2D eigenvalue weighted by Gasteiger charge is 2.30. The van der Waals surface area contributed by atoms with Crippen molar-refractivity contribution in [3.05, 3.63) is 44.7 Å². The van der Waals surface area contributed by atoms with E-state index in [-0.39, 0.29) is 11.6 Å². The fourth-order valence-corrected chi connectivity index (χ4v) is 4.69. The molecule has 1 atom stereocenters. The van der Waals surface area contributed by atoms with E-state index in [1.807, 2.05) is 10.6 Å². The number of piperazine rings is 1. The van der Waals surface area contributed by atoms with E-state index < -0.39 is 0 Å². The van der Waals surface area contributed by atoms with E-state index in [1.165, 1.54) is 10.9 Å². The van der Waals surface area contributed by atoms with Crippen molar-refractivity contribution in [2.24, 2.45) is 0 Å². The van der Waals surface area contributed by atoms with Crippen LogP contribution in [0.1, 0.15) is 18.5 Å². The summed E-state index contributed by atoms with van der Waals surface area (Å²) < 4.78 is 2.39. The zero-order valence-corrected chi connectivity index (χ0v) is 16.1. The zero-order valence-electron chi connectivity index (χ0n) is 14.6. The number of para-hydroxylation sites is 1. The summed E-state index contributed by atoms with van der Waals surface area (Å²) in [5.74, 6) is 1.50. The highest BCUT2D eigenvalue weighted by atomic mass is 79.9. The Kier molecular flexibility index (Phi) is 3.68. The molecular formula is C19H20BrN5O. The van der Waals surface area contributed by atoms with Crippen LogP contribution in [0.4, 0.5) is 5.82 Å². The molecule has 2 N–H and O–H groups in total. The van der Waals surface area contributed by atoms with Crippen molar-refractivity contribution >= 4 is 32.7 Å². The standard InChI is InChI=1S/C19H20BrN5O/c1-11-10-13-12-4-2-3-5-14(12)22-16(13)18-23-17(15(20)19(26)25(11)18)24-8-6-21-7-9-24/h2-5,11,21-22H,6-10H2,1H3. The molecule has 2 aliphatic heterocycles. The number of H-pyrrole nitrogens is 1. The quantitative estimate of drug-likeness (QED) is 0.643. The van der Waals surface area contributed by atoms with E-state index in [4.69, 9.17) is 4.98 Å². The molecule has 1 saturated heterocycles. The lowest BCUT2D eigenvalue weighted by Crippen LogP contribution is -2.45. The minimum atomic E-state index is 0.000314. The first-order valence-electron chi connectivity index (χ1n) is 9.03. The fraction of sp³-hybridized carbons (Fsp3) is 0.368. The van der Waals surface area contributed by atoms with Gasteiger partial charge in [0.2, 0.25) is 0 Å². The number of anilines is 1. The van der Waals surface area contributed by atoms with Gasteiger partial charge in [0.05, 0.1) is 5.69 Å². The largest absolute Gasteiger partial charge is 0.353 e. The third-order valence-electron chi connectivity index (χ3n) is 5.44. The molecule has 5 rings (SSSR count). The molecule has 2 aromatic heterocycles. The first-order valence-corrected chi connectivity index (χ1v) is 9.82. The van der Waals surface area contributed by atoms with Crippen LogP contribution in [0.2, 0.25) is 0 Å². The second kappa shape index (κ2) is 5.96. The van der Waals surface area contributed by atoms with Crippen molar-refractivity contribution in [3.63, 3.8) is 0 Å². The normalized spacial score (nSPS) is 19.5. The number of fused-ring (bicyclic) bond motifs is 5. The third kappa shape index (κ3) is 2.27. The van der Waals surface area contributed by atoms with E-state index in [0.717, 1.165) is 55.5 Å². The van der Waals surface area contributed by atoms with Crippen LogP contribution in [-0.2, 0) is 6.42 Å². The number of aromatic amines is 1. The maximum Gasteiger partial charge on any atom is 0.270 e. The van der Waals surface area contributed by atoms with Gasteiger partial charge in [-0.25, -0.2) is 4.98 Å². The second-order valence-electron chi connectivity index (χ2n) is 7.06. The number of rotatable bonds is 1. The number of halogens is 1. The Balaban J connectivity index is 1.77. The summed E-state index contributed by atoms with van der Waals surface area (Å²) in [4.78, 5) is 23.8. The van der Waals surface area contributed by atoms with Crippen molar-refractivity contribution in [2.45, 2.75) is 19.4 Å². The van der Waals surface area contributed by atoms with Crippen molar-refractivity contribution in [1.29, 1.82) is 0 Å². The number of benzene rings is 1. The van der Waals surface area contributed by atoms with Gasteiger partial charge in [-0.1, -0.05) is 18.2 Å². The summed E-state index contributed by atoms with van der Waals surface area (Å²) in [7, 11) is 0. The molecule has 0 amide bonds. The van der Waals surface area contributed by atoms with Crippen LogP contribution < -0.4 is 15.8 Å². The molecule has 4 heterocycles.